The monoisotopic (exact) mass is 294 g/mol. The normalized spacial score (nSPS) is 38.9. The van der Waals surface area contributed by atoms with Crippen LogP contribution in [0.2, 0.25) is 0 Å². The largest absolute Gasteiger partial charge is 0.311 e. The predicted molar refractivity (Wildman–Crippen MR) is 92.6 cm³/mol. The Bertz CT molecular complexity index is 333. The second-order valence-electron chi connectivity index (χ2n) is 9.42. The first-order valence-corrected chi connectivity index (χ1v) is 9.18. The van der Waals surface area contributed by atoms with Gasteiger partial charge >= 0.3 is 0 Å². The van der Waals surface area contributed by atoms with Gasteiger partial charge in [-0.1, -0.05) is 26.7 Å². The minimum Gasteiger partial charge on any atom is -0.311 e. The minimum absolute atomic E-state index is 0.234. The first kappa shape index (κ1) is 17.3. The lowest BCUT2D eigenvalue weighted by atomic mass is 9.69. The summed E-state index contributed by atoms with van der Waals surface area (Å²) in [5.74, 6) is 1.78. The number of likely N-dealkylation sites (tertiary alicyclic amines) is 1. The number of rotatable bonds is 4. The van der Waals surface area contributed by atoms with Gasteiger partial charge in [-0.15, -0.1) is 0 Å². The predicted octanol–water partition coefficient (Wildman–Crippen LogP) is 4.30. The molecule has 1 saturated heterocycles. The molecule has 124 valence electrons. The summed E-state index contributed by atoms with van der Waals surface area (Å²) >= 11 is 0. The van der Waals surface area contributed by atoms with Gasteiger partial charge in [-0.2, -0.15) is 0 Å². The SMILES string of the molecule is CC1CC(C)N(CC2(CNC(C)(C)C)CCCC(C)C2)C1. The van der Waals surface area contributed by atoms with Crippen molar-refractivity contribution in [1.82, 2.24) is 10.2 Å². The summed E-state index contributed by atoms with van der Waals surface area (Å²) in [6.45, 7) is 18.0. The molecule has 4 unspecified atom stereocenters. The fourth-order valence-electron chi connectivity index (χ4n) is 4.62. The zero-order valence-corrected chi connectivity index (χ0v) is 15.3. The Kier molecular flexibility index (Phi) is 5.41. The lowest BCUT2D eigenvalue weighted by Gasteiger charge is -2.45. The van der Waals surface area contributed by atoms with Gasteiger partial charge in [0.15, 0.2) is 0 Å². The van der Waals surface area contributed by atoms with Gasteiger partial charge in [0.25, 0.3) is 0 Å². The summed E-state index contributed by atoms with van der Waals surface area (Å²) in [7, 11) is 0. The van der Waals surface area contributed by atoms with E-state index < -0.39 is 0 Å². The molecule has 2 heteroatoms. The standard InChI is InChI=1S/C19H38N2/c1-15-8-7-9-19(11-15,13-20-18(4,5)6)14-21-12-16(2)10-17(21)3/h15-17,20H,7-14H2,1-6H3. The zero-order valence-electron chi connectivity index (χ0n) is 15.3. The van der Waals surface area contributed by atoms with Gasteiger partial charge in [0.05, 0.1) is 0 Å². The third kappa shape index (κ3) is 4.96. The molecule has 0 aromatic rings. The quantitative estimate of drug-likeness (QED) is 0.831. The van der Waals surface area contributed by atoms with Crippen LogP contribution in [-0.4, -0.2) is 36.1 Å². The second-order valence-corrected chi connectivity index (χ2v) is 9.42. The van der Waals surface area contributed by atoms with Crippen molar-refractivity contribution in [3.05, 3.63) is 0 Å². The molecule has 1 heterocycles. The van der Waals surface area contributed by atoms with Crippen LogP contribution in [-0.2, 0) is 0 Å². The van der Waals surface area contributed by atoms with Crippen molar-refractivity contribution in [3.63, 3.8) is 0 Å². The number of nitrogens with one attached hydrogen (secondary N) is 1. The molecule has 0 bridgehead atoms. The van der Waals surface area contributed by atoms with Crippen molar-refractivity contribution in [3.8, 4) is 0 Å². The molecule has 1 N–H and O–H groups in total. The molecular weight excluding hydrogens is 256 g/mol. The summed E-state index contributed by atoms with van der Waals surface area (Å²) in [4.78, 5) is 2.78. The highest BCUT2D eigenvalue weighted by atomic mass is 15.2. The van der Waals surface area contributed by atoms with E-state index in [2.05, 4.69) is 51.8 Å². The smallest absolute Gasteiger partial charge is 0.00967 e. The lowest BCUT2D eigenvalue weighted by Crippen LogP contribution is -2.51. The Labute approximate surface area is 133 Å². The summed E-state index contributed by atoms with van der Waals surface area (Å²) in [6, 6.07) is 0.781. The van der Waals surface area contributed by atoms with E-state index in [1.54, 1.807) is 0 Å². The summed E-state index contributed by atoms with van der Waals surface area (Å²) < 4.78 is 0. The molecule has 0 aromatic heterocycles. The molecule has 0 radical (unpaired) electrons. The van der Waals surface area contributed by atoms with Gasteiger partial charge in [-0.25, -0.2) is 0 Å². The van der Waals surface area contributed by atoms with Crippen LogP contribution in [0.3, 0.4) is 0 Å². The highest BCUT2D eigenvalue weighted by molar-refractivity contribution is 4.94. The van der Waals surface area contributed by atoms with Crippen LogP contribution < -0.4 is 5.32 Å². The van der Waals surface area contributed by atoms with Gasteiger partial charge in [-0.05, 0) is 64.2 Å². The van der Waals surface area contributed by atoms with E-state index in [0.717, 1.165) is 17.9 Å². The van der Waals surface area contributed by atoms with Gasteiger partial charge in [0.1, 0.15) is 0 Å². The third-order valence-corrected chi connectivity index (χ3v) is 5.63. The Morgan fingerprint density at radius 1 is 1.14 bits per heavy atom. The topological polar surface area (TPSA) is 15.3 Å². The van der Waals surface area contributed by atoms with Crippen LogP contribution in [0.15, 0.2) is 0 Å². The molecular formula is C19H38N2. The highest BCUT2D eigenvalue weighted by Crippen LogP contribution is 2.41. The second kappa shape index (κ2) is 6.58. The first-order chi connectivity index (χ1) is 9.69. The number of nitrogens with zero attached hydrogens (tertiary/aromatic N) is 1. The minimum atomic E-state index is 0.234. The van der Waals surface area contributed by atoms with E-state index in [1.807, 2.05) is 0 Å². The molecule has 0 amide bonds. The molecule has 2 rings (SSSR count). The maximum absolute atomic E-state index is 3.83. The molecule has 2 nitrogen and oxygen atoms in total. The summed E-state index contributed by atoms with van der Waals surface area (Å²) in [6.07, 6.45) is 7.07. The van der Waals surface area contributed by atoms with E-state index in [0.29, 0.717) is 5.41 Å². The van der Waals surface area contributed by atoms with Crippen molar-refractivity contribution >= 4 is 0 Å². The van der Waals surface area contributed by atoms with E-state index in [1.165, 1.54) is 51.7 Å². The summed E-state index contributed by atoms with van der Waals surface area (Å²) in [5, 5.41) is 3.83. The Morgan fingerprint density at radius 3 is 2.38 bits per heavy atom. The van der Waals surface area contributed by atoms with Gasteiger partial charge < -0.3 is 5.32 Å². The third-order valence-electron chi connectivity index (χ3n) is 5.63. The lowest BCUT2D eigenvalue weighted by molar-refractivity contribution is 0.0699. The van der Waals surface area contributed by atoms with Crippen LogP contribution in [0.1, 0.15) is 73.6 Å². The molecule has 0 spiro atoms. The van der Waals surface area contributed by atoms with E-state index >= 15 is 0 Å². The molecule has 4 atom stereocenters. The maximum Gasteiger partial charge on any atom is 0.00967 e. The van der Waals surface area contributed by atoms with Crippen LogP contribution in [0.25, 0.3) is 0 Å². The fraction of sp³-hybridized carbons (Fsp3) is 1.00. The fourth-order valence-corrected chi connectivity index (χ4v) is 4.62. The average Bonchev–Trinajstić information content (AvgIpc) is 2.64. The van der Waals surface area contributed by atoms with Crippen molar-refractivity contribution in [2.45, 2.75) is 85.2 Å². The Hall–Kier alpha value is -0.0800. The van der Waals surface area contributed by atoms with Gasteiger partial charge in [0.2, 0.25) is 0 Å². The maximum atomic E-state index is 3.83. The van der Waals surface area contributed by atoms with Crippen molar-refractivity contribution in [1.29, 1.82) is 0 Å². The Morgan fingerprint density at radius 2 is 1.86 bits per heavy atom. The molecule has 1 saturated carbocycles. The van der Waals surface area contributed by atoms with Crippen LogP contribution in [0, 0.1) is 17.3 Å². The average molecular weight is 295 g/mol. The summed E-state index contributed by atoms with van der Waals surface area (Å²) in [5.41, 5.74) is 0.737. The zero-order chi connectivity index (χ0) is 15.7. The number of hydrogen-bond donors (Lipinski definition) is 1. The van der Waals surface area contributed by atoms with E-state index in [9.17, 15) is 0 Å². The van der Waals surface area contributed by atoms with Crippen LogP contribution in [0.4, 0.5) is 0 Å². The van der Waals surface area contributed by atoms with Crippen LogP contribution >= 0.6 is 0 Å². The van der Waals surface area contributed by atoms with Crippen molar-refractivity contribution in [2.24, 2.45) is 17.3 Å². The van der Waals surface area contributed by atoms with Gasteiger partial charge in [-0.3, -0.25) is 4.90 Å². The highest BCUT2D eigenvalue weighted by Gasteiger charge is 2.39. The van der Waals surface area contributed by atoms with Gasteiger partial charge in [0, 0.05) is 31.2 Å². The molecule has 1 aliphatic heterocycles. The first-order valence-electron chi connectivity index (χ1n) is 9.18. The molecule has 2 fully saturated rings. The van der Waals surface area contributed by atoms with Crippen LogP contribution in [0.5, 0.6) is 0 Å². The van der Waals surface area contributed by atoms with Crippen molar-refractivity contribution in [2.75, 3.05) is 19.6 Å². The van der Waals surface area contributed by atoms with Crippen molar-refractivity contribution < 1.29 is 0 Å². The molecule has 21 heavy (non-hydrogen) atoms. The molecule has 2 aliphatic rings. The number of hydrogen-bond acceptors (Lipinski definition) is 2. The van der Waals surface area contributed by atoms with E-state index in [-0.39, 0.29) is 5.54 Å². The molecule has 0 aromatic carbocycles. The Balaban J connectivity index is 2.04. The molecule has 1 aliphatic carbocycles. The van der Waals surface area contributed by atoms with E-state index in [4.69, 9.17) is 0 Å².